The third kappa shape index (κ3) is 1.89. The van der Waals surface area contributed by atoms with Gasteiger partial charge in [0.25, 0.3) is 0 Å². The minimum Gasteiger partial charge on any atom is -0.463 e. The molecular formula is C14H11NOS. The fraction of sp³-hybridized carbons (Fsp3) is 0.0714. The molecule has 0 radical (unpaired) electrons. The first-order valence-electron chi connectivity index (χ1n) is 5.41. The number of benzene rings is 1. The molecule has 3 aromatic rings. The first-order chi connectivity index (χ1) is 8.34. The van der Waals surface area contributed by atoms with Crippen LogP contribution in [0.4, 0.5) is 0 Å². The predicted octanol–water partition coefficient (Wildman–Crippen LogP) is 4.38. The second kappa shape index (κ2) is 4.18. The van der Waals surface area contributed by atoms with E-state index >= 15 is 0 Å². The van der Waals surface area contributed by atoms with Crippen molar-refractivity contribution < 1.29 is 4.42 Å². The van der Waals surface area contributed by atoms with Gasteiger partial charge in [-0.3, -0.25) is 0 Å². The Kier molecular flexibility index (Phi) is 2.53. The zero-order valence-corrected chi connectivity index (χ0v) is 10.2. The molecule has 0 N–H and O–H groups in total. The largest absolute Gasteiger partial charge is 0.463 e. The highest BCUT2D eigenvalue weighted by Crippen LogP contribution is 2.33. The lowest BCUT2D eigenvalue weighted by atomic mass is 10.2. The normalized spacial score (nSPS) is 10.6. The molecule has 0 aliphatic rings. The fourth-order valence-electron chi connectivity index (χ4n) is 1.74. The molecule has 3 heteroatoms. The first-order valence-corrected chi connectivity index (χ1v) is 6.23. The van der Waals surface area contributed by atoms with E-state index in [-0.39, 0.29) is 0 Å². The number of aromatic nitrogens is 1. The zero-order valence-electron chi connectivity index (χ0n) is 9.38. The van der Waals surface area contributed by atoms with Crippen LogP contribution in [0.15, 0.2) is 53.1 Å². The zero-order chi connectivity index (χ0) is 11.7. The van der Waals surface area contributed by atoms with Gasteiger partial charge in [-0.25, -0.2) is 4.98 Å². The fourth-order valence-corrected chi connectivity index (χ4v) is 2.67. The molecule has 0 spiro atoms. The summed E-state index contributed by atoms with van der Waals surface area (Å²) >= 11 is 1.69. The predicted molar refractivity (Wildman–Crippen MR) is 70.0 cm³/mol. The van der Waals surface area contributed by atoms with Crippen LogP contribution in [0.3, 0.4) is 0 Å². The van der Waals surface area contributed by atoms with E-state index in [1.54, 1.807) is 17.6 Å². The topological polar surface area (TPSA) is 26.0 Å². The van der Waals surface area contributed by atoms with Crippen molar-refractivity contribution in [2.24, 2.45) is 0 Å². The second-order valence-corrected chi connectivity index (χ2v) is 4.97. The van der Waals surface area contributed by atoms with Crippen LogP contribution in [0.5, 0.6) is 0 Å². The minimum absolute atomic E-state index is 0.834. The quantitative estimate of drug-likeness (QED) is 0.665. The molecule has 0 saturated heterocycles. The van der Waals surface area contributed by atoms with Gasteiger partial charge in [-0.2, -0.15) is 0 Å². The van der Waals surface area contributed by atoms with Crippen molar-refractivity contribution in [1.29, 1.82) is 0 Å². The average molecular weight is 241 g/mol. The first kappa shape index (κ1) is 10.3. The highest BCUT2D eigenvalue weighted by Gasteiger charge is 2.12. The van der Waals surface area contributed by atoms with Crippen LogP contribution in [0.1, 0.15) is 4.88 Å². The highest BCUT2D eigenvalue weighted by atomic mass is 32.1. The second-order valence-electron chi connectivity index (χ2n) is 3.77. The molecule has 17 heavy (non-hydrogen) atoms. The number of furan rings is 1. The molecule has 0 amide bonds. The van der Waals surface area contributed by atoms with Gasteiger partial charge in [0, 0.05) is 10.4 Å². The third-order valence-corrected chi connectivity index (χ3v) is 3.59. The van der Waals surface area contributed by atoms with E-state index in [2.05, 4.69) is 24.0 Å². The molecule has 0 bridgehead atoms. The number of rotatable bonds is 2. The summed E-state index contributed by atoms with van der Waals surface area (Å²) in [5, 5.41) is 1.04. The summed E-state index contributed by atoms with van der Waals surface area (Å²) < 4.78 is 5.39. The maximum Gasteiger partial charge on any atom is 0.153 e. The van der Waals surface area contributed by atoms with Crippen LogP contribution in [-0.2, 0) is 0 Å². The average Bonchev–Trinajstić information content (AvgIpc) is 2.99. The Hall–Kier alpha value is -1.87. The van der Waals surface area contributed by atoms with Gasteiger partial charge in [0.15, 0.2) is 5.76 Å². The standard InChI is InChI=1S/C14H11NOS/c1-10-13(12-8-5-9-16-12)15-14(17-10)11-6-3-2-4-7-11/h2-9H,1H3. The van der Waals surface area contributed by atoms with Crippen molar-refractivity contribution in [3.8, 4) is 22.0 Å². The van der Waals surface area contributed by atoms with Gasteiger partial charge in [-0.15, -0.1) is 11.3 Å². The Balaban J connectivity index is 2.08. The van der Waals surface area contributed by atoms with E-state index in [1.165, 1.54) is 4.88 Å². The molecule has 0 aliphatic carbocycles. The Labute approximate surface area is 104 Å². The van der Waals surface area contributed by atoms with Gasteiger partial charge in [-0.1, -0.05) is 30.3 Å². The Morgan fingerprint density at radius 3 is 2.59 bits per heavy atom. The number of hydrogen-bond acceptors (Lipinski definition) is 3. The molecule has 0 unspecified atom stereocenters. The Bertz CT molecular complexity index is 611. The number of thiazole rings is 1. The summed E-state index contributed by atoms with van der Waals surface area (Å²) in [4.78, 5) is 5.83. The monoisotopic (exact) mass is 241 g/mol. The van der Waals surface area contributed by atoms with E-state index in [0.29, 0.717) is 0 Å². The van der Waals surface area contributed by atoms with Gasteiger partial charge in [0.2, 0.25) is 0 Å². The molecule has 0 saturated carbocycles. The maximum absolute atomic E-state index is 5.39. The smallest absolute Gasteiger partial charge is 0.153 e. The summed E-state index contributed by atoms with van der Waals surface area (Å²) in [6, 6.07) is 14.0. The summed E-state index contributed by atoms with van der Waals surface area (Å²) in [6.45, 7) is 2.07. The van der Waals surface area contributed by atoms with Crippen LogP contribution >= 0.6 is 11.3 Å². The molecule has 2 heterocycles. The molecule has 2 nitrogen and oxygen atoms in total. The Morgan fingerprint density at radius 2 is 1.88 bits per heavy atom. The van der Waals surface area contributed by atoms with Gasteiger partial charge >= 0.3 is 0 Å². The van der Waals surface area contributed by atoms with E-state index in [0.717, 1.165) is 22.0 Å². The van der Waals surface area contributed by atoms with Crippen LogP contribution < -0.4 is 0 Å². The lowest BCUT2D eigenvalue weighted by Gasteiger charge is -1.93. The minimum atomic E-state index is 0.834. The lowest BCUT2D eigenvalue weighted by Crippen LogP contribution is -1.78. The Morgan fingerprint density at radius 1 is 1.06 bits per heavy atom. The summed E-state index contributed by atoms with van der Waals surface area (Å²) in [5.74, 6) is 0.834. The van der Waals surface area contributed by atoms with E-state index < -0.39 is 0 Å². The lowest BCUT2D eigenvalue weighted by molar-refractivity contribution is 0.580. The number of nitrogens with zero attached hydrogens (tertiary/aromatic N) is 1. The maximum atomic E-state index is 5.39. The van der Waals surface area contributed by atoms with Crippen LogP contribution in [0, 0.1) is 6.92 Å². The highest BCUT2D eigenvalue weighted by molar-refractivity contribution is 7.15. The van der Waals surface area contributed by atoms with E-state index in [4.69, 9.17) is 4.42 Å². The van der Waals surface area contributed by atoms with Crippen molar-refractivity contribution >= 4 is 11.3 Å². The van der Waals surface area contributed by atoms with Gasteiger partial charge in [-0.05, 0) is 19.1 Å². The van der Waals surface area contributed by atoms with Crippen LogP contribution in [0.25, 0.3) is 22.0 Å². The SMILES string of the molecule is Cc1sc(-c2ccccc2)nc1-c1ccco1. The molecule has 0 aliphatic heterocycles. The van der Waals surface area contributed by atoms with Gasteiger partial charge in [0.05, 0.1) is 6.26 Å². The molecular weight excluding hydrogens is 230 g/mol. The van der Waals surface area contributed by atoms with Crippen molar-refractivity contribution in [1.82, 2.24) is 4.98 Å². The van der Waals surface area contributed by atoms with Crippen molar-refractivity contribution in [2.75, 3.05) is 0 Å². The van der Waals surface area contributed by atoms with Gasteiger partial charge in [0.1, 0.15) is 10.7 Å². The van der Waals surface area contributed by atoms with Crippen molar-refractivity contribution in [3.63, 3.8) is 0 Å². The third-order valence-electron chi connectivity index (χ3n) is 2.57. The molecule has 3 rings (SSSR count). The van der Waals surface area contributed by atoms with E-state index in [1.807, 2.05) is 30.3 Å². The molecule has 1 aromatic carbocycles. The van der Waals surface area contributed by atoms with E-state index in [9.17, 15) is 0 Å². The van der Waals surface area contributed by atoms with Crippen LogP contribution in [0.2, 0.25) is 0 Å². The number of aryl methyl sites for hydroxylation is 1. The van der Waals surface area contributed by atoms with Crippen molar-refractivity contribution in [3.05, 3.63) is 53.6 Å². The molecule has 84 valence electrons. The van der Waals surface area contributed by atoms with Crippen molar-refractivity contribution in [2.45, 2.75) is 6.92 Å². The summed E-state index contributed by atoms with van der Waals surface area (Å²) in [6.07, 6.45) is 1.68. The van der Waals surface area contributed by atoms with Gasteiger partial charge < -0.3 is 4.42 Å². The van der Waals surface area contributed by atoms with Crippen LogP contribution in [-0.4, -0.2) is 4.98 Å². The molecule has 2 aromatic heterocycles. The summed E-state index contributed by atoms with van der Waals surface area (Å²) in [7, 11) is 0. The molecule has 0 fully saturated rings. The molecule has 0 atom stereocenters. The number of hydrogen-bond donors (Lipinski definition) is 0. The summed E-state index contributed by atoms with van der Waals surface area (Å²) in [5.41, 5.74) is 2.09.